The van der Waals surface area contributed by atoms with Crippen LogP contribution in [0.5, 0.6) is 0 Å². The van der Waals surface area contributed by atoms with E-state index >= 15 is 0 Å². The quantitative estimate of drug-likeness (QED) is 0.661. The van der Waals surface area contributed by atoms with Gasteiger partial charge >= 0.3 is 6.47 Å². The van der Waals surface area contributed by atoms with Gasteiger partial charge in [-0.2, -0.15) is 0 Å². The number of hydrogen-bond donors (Lipinski definition) is 0. The van der Waals surface area contributed by atoms with Crippen molar-refractivity contribution in [3.05, 3.63) is 24.3 Å². The van der Waals surface area contributed by atoms with Gasteiger partial charge in [-0.3, -0.25) is 0 Å². The van der Waals surface area contributed by atoms with Crippen molar-refractivity contribution in [1.29, 1.82) is 0 Å². The second-order valence-corrected chi connectivity index (χ2v) is 2.02. The Labute approximate surface area is 68.4 Å². The predicted octanol–water partition coefficient (Wildman–Crippen LogP) is 0.571. The Morgan fingerprint density at radius 1 is 1.58 bits per heavy atom. The van der Waals surface area contributed by atoms with Gasteiger partial charge in [0.25, 0.3) is 0 Å². The molecular formula is C7H6FN2O2. The molecule has 0 aromatic carbocycles. The third-order valence-corrected chi connectivity index (χ3v) is 1.28. The lowest BCUT2D eigenvalue weighted by atomic mass is 10.2. The van der Waals surface area contributed by atoms with E-state index in [0.717, 1.165) is 0 Å². The number of carbonyl (C=O) groups excluding carboxylic acids is 1. The van der Waals surface area contributed by atoms with Crippen LogP contribution >= 0.6 is 0 Å². The van der Waals surface area contributed by atoms with Crippen LogP contribution in [0.25, 0.3) is 0 Å². The fraction of sp³-hybridized carbons (Fsp3) is 0.286. The summed E-state index contributed by atoms with van der Waals surface area (Å²) in [6.07, 6.45) is 3.13. The summed E-state index contributed by atoms with van der Waals surface area (Å²) in [4.78, 5) is 17.1. The number of halogens is 1. The molecule has 0 fully saturated rings. The maximum atomic E-state index is 12.2. The van der Waals surface area contributed by atoms with Crippen LogP contribution in [0.3, 0.4) is 0 Å². The van der Waals surface area contributed by atoms with E-state index in [2.05, 4.69) is 14.7 Å². The number of rotatable bonds is 4. The second kappa shape index (κ2) is 4.38. The van der Waals surface area contributed by atoms with Gasteiger partial charge in [-0.15, -0.1) is 0 Å². The lowest BCUT2D eigenvalue weighted by molar-refractivity contribution is 0.145. The zero-order valence-electron chi connectivity index (χ0n) is 6.11. The van der Waals surface area contributed by atoms with E-state index in [9.17, 15) is 9.18 Å². The first-order valence-corrected chi connectivity index (χ1v) is 3.22. The fourth-order valence-electron chi connectivity index (χ4n) is 0.724. The molecule has 1 unspecified atom stereocenters. The Kier molecular flexibility index (Phi) is 3.13. The van der Waals surface area contributed by atoms with E-state index < -0.39 is 12.8 Å². The number of ether oxygens (including phenoxy) is 1. The van der Waals surface area contributed by atoms with E-state index in [1.165, 1.54) is 25.2 Å². The molecule has 0 aliphatic carbocycles. The van der Waals surface area contributed by atoms with E-state index in [0.29, 0.717) is 5.56 Å². The van der Waals surface area contributed by atoms with Gasteiger partial charge in [0.1, 0.15) is 13.0 Å². The second-order valence-electron chi connectivity index (χ2n) is 2.02. The van der Waals surface area contributed by atoms with Crippen molar-refractivity contribution < 1.29 is 13.9 Å². The molecule has 1 aromatic rings. The van der Waals surface area contributed by atoms with Crippen molar-refractivity contribution in [1.82, 2.24) is 9.97 Å². The minimum Gasteiger partial charge on any atom is -0.446 e. The minimum atomic E-state index is -0.941. The van der Waals surface area contributed by atoms with Crippen molar-refractivity contribution in [3.63, 3.8) is 0 Å². The topological polar surface area (TPSA) is 52.1 Å². The first-order chi connectivity index (χ1) is 5.88. The highest BCUT2D eigenvalue weighted by atomic mass is 19.1. The number of alkyl halides is 1. The minimum absolute atomic E-state index is 0.420. The van der Waals surface area contributed by atoms with Crippen LogP contribution in [0.2, 0.25) is 0 Å². The Hall–Kier alpha value is -1.52. The van der Waals surface area contributed by atoms with Gasteiger partial charge < -0.3 is 4.74 Å². The summed E-state index contributed by atoms with van der Waals surface area (Å²) < 4.78 is 16.5. The summed E-state index contributed by atoms with van der Waals surface area (Å²) in [5.74, 6) is 0. The van der Waals surface area contributed by atoms with Gasteiger partial charge in [0, 0.05) is 18.0 Å². The molecule has 0 spiro atoms. The van der Waals surface area contributed by atoms with Gasteiger partial charge in [-0.25, -0.2) is 19.2 Å². The average molecular weight is 169 g/mol. The van der Waals surface area contributed by atoms with Gasteiger partial charge in [0.05, 0.1) is 0 Å². The van der Waals surface area contributed by atoms with Crippen LogP contribution in [0.1, 0.15) is 11.7 Å². The van der Waals surface area contributed by atoms with Crippen LogP contribution < -0.4 is 0 Å². The van der Waals surface area contributed by atoms with E-state index in [-0.39, 0.29) is 0 Å². The highest BCUT2D eigenvalue weighted by molar-refractivity contribution is 5.39. The van der Waals surface area contributed by atoms with Crippen LogP contribution in [-0.4, -0.2) is 23.1 Å². The summed E-state index contributed by atoms with van der Waals surface area (Å²) in [5, 5.41) is 0. The summed E-state index contributed by atoms with van der Waals surface area (Å²) in [7, 11) is 0. The zero-order valence-corrected chi connectivity index (χ0v) is 6.11. The smallest absolute Gasteiger partial charge is 0.418 e. The van der Waals surface area contributed by atoms with Crippen LogP contribution in [0.4, 0.5) is 4.39 Å². The largest absolute Gasteiger partial charge is 0.446 e. The first kappa shape index (κ1) is 8.58. The lowest BCUT2D eigenvalue weighted by Gasteiger charge is -2.08. The van der Waals surface area contributed by atoms with Crippen molar-refractivity contribution in [3.8, 4) is 0 Å². The Bertz CT molecular complexity index is 242. The molecule has 4 nitrogen and oxygen atoms in total. The average Bonchev–Trinajstić information content (AvgIpc) is 2.15. The molecule has 12 heavy (non-hydrogen) atoms. The molecule has 1 atom stereocenters. The Morgan fingerprint density at radius 2 is 2.25 bits per heavy atom. The molecule has 5 heteroatoms. The van der Waals surface area contributed by atoms with Crippen molar-refractivity contribution in [2.45, 2.75) is 6.10 Å². The molecule has 1 radical (unpaired) electrons. The molecule has 0 aliphatic rings. The molecule has 0 N–H and O–H groups in total. The normalized spacial score (nSPS) is 12.1. The molecule has 0 aliphatic heterocycles. The molecule has 1 rings (SSSR count). The summed E-state index contributed by atoms with van der Waals surface area (Å²) in [6.45, 7) is 0.369. The van der Waals surface area contributed by atoms with Gasteiger partial charge in [0.15, 0.2) is 6.10 Å². The molecule has 0 saturated carbocycles. The molecule has 0 bridgehead atoms. The SMILES string of the molecule is O=[C]OC(CF)c1cncnc1. The van der Waals surface area contributed by atoms with Gasteiger partial charge in [-0.1, -0.05) is 0 Å². The van der Waals surface area contributed by atoms with Gasteiger partial charge in [0.2, 0.25) is 0 Å². The van der Waals surface area contributed by atoms with Crippen molar-refractivity contribution in [2.75, 3.05) is 6.67 Å². The van der Waals surface area contributed by atoms with E-state index in [4.69, 9.17) is 0 Å². The first-order valence-electron chi connectivity index (χ1n) is 3.22. The third-order valence-electron chi connectivity index (χ3n) is 1.28. The van der Waals surface area contributed by atoms with Crippen molar-refractivity contribution in [2.24, 2.45) is 0 Å². The zero-order chi connectivity index (χ0) is 8.81. The number of hydrogen-bond acceptors (Lipinski definition) is 4. The Balaban J connectivity index is 2.72. The molecular weight excluding hydrogens is 163 g/mol. The number of nitrogens with zero attached hydrogens (tertiary/aromatic N) is 2. The maximum Gasteiger partial charge on any atom is 0.418 e. The molecule has 1 heterocycles. The van der Waals surface area contributed by atoms with Crippen LogP contribution in [0, 0.1) is 0 Å². The molecule has 0 amide bonds. The third kappa shape index (κ3) is 1.98. The highest BCUT2D eigenvalue weighted by Gasteiger charge is 2.12. The monoisotopic (exact) mass is 169 g/mol. The number of aromatic nitrogens is 2. The van der Waals surface area contributed by atoms with Crippen molar-refractivity contribution >= 4 is 6.47 Å². The molecule has 0 saturated heterocycles. The van der Waals surface area contributed by atoms with E-state index in [1.807, 2.05) is 0 Å². The van der Waals surface area contributed by atoms with Crippen LogP contribution in [0.15, 0.2) is 18.7 Å². The summed E-state index contributed by atoms with van der Waals surface area (Å²) in [5.41, 5.74) is 0.420. The maximum absolute atomic E-state index is 12.2. The molecule has 1 aromatic heterocycles. The van der Waals surface area contributed by atoms with Gasteiger partial charge in [-0.05, 0) is 0 Å². The standard InChI is InChI=1S/C7H6FN2O2/c8-1-7(12-5-11)6-2-9-4-10-3-6/h2-4,7H,1H2. The Morgan fingerprint density at radius 3 is 2.75 bits per heavy atom. The lowest BCUT2D eigenvalue weighted by Crippen LogP contribution is -2.05. The van der Waals surface area contributed by atoms with E-state index in [1.54, 1.807) is 0 Å². The fourth-order valence-corrected chi connectivity index (χ4v) is 0.724. The highest BCUT2D eigenvalue weighted by Crippen LogP contribution is 2.13. The summed E-state index contributed by atoms with van der Waals surface area (Å²) >= 11 is 0. The molecule has 63 valence electrons. The van der Waals surface area contributed by atoms with Crippen LogP contribution in [-0.2, 0) is 9.53 Å². The summed E-state index contributed by atoms with van der Waals surface area (Å²) in [6, 6.07) is 0. The predicted molar refractivity (Wildman–Crippen MR) is 37.5 cm³/mol.